The molecule has 8 nitrogen and oxygen atoms in total. The van der Waals surface area contributed by atoms with Gasteiger partial charge in [-0.1, -0.05) is 18.7 Å². The van der Waals surface area contributed by atoms with Gasteiger partial charge in [0.2, 0.25) is 5.91 Å². The summed E-state index contributed by atoms with van der Waals surface area (Å²) < 4.78 is 15.4. The van der Waals surface area contributed by atoms with E-state index in [0.29, 0.717) is 34.5 Å². The summed E-state index contributed by atoms with van der Waals surface area (Å²) in [6.45, 7) is 2.12. The van der Waals surface area contributed by atoms with E-state index in [4.69, 9.17) is 14.2 Å². The number of thioether (sulfide) groups is 1. The van der Waals surface area contributed by atoms with Gasteiger partial charge in [-0.05, 0) is 18.6 Å². The molecule has 0 radical (unpaired) electrons. The monoisotopic (exact) mass is 393 g/mol. The van der Waals surface area contributed by atoms with Crippen molar-refractivity contribution < 1.29 is 19.0 Å². The van der Waals surface area contributed by atoms with Gasteiger partial charge in [-0.15, -0.1) is 0 Å². The average Bonchev–Trinajstić information content (AvgIpc) is 2.65. The second kappa shape index (κ2) is 9.98. The molecule has 1 aromatic carbocycles. The molecule has 0 saturated heterocycles. The zero-order valence-electron chi connectivity index (χ0n) is 15.7. The number of aromatic nitrogens is 2. The fraction of sp³-hybridized carbons (Fsp3) is 0.389. The number of ether oxygens (including phenoxy) is 3. The van der Waals surface area contributed by atoms with E-state index in [1.807, 2.05) is 6.92 Å². The summed E-state index contributed by atoms with van der Waals surface area (Å²) in [7, 11) is 4.61. The van der Waals surface area contributed by atoms with Gasteiger partial charge in [0.15, 0.2) is 16.7 Å². The van der Waals surface area contributed by atoms with E-state index in [0.717, 1.165) is 0 Å². The normalized spacial score (nSPS) is 11.7. The van der Waals surface area contributed by atoms with E-state index in [1.165, 1.54) is 32.0 Å². The summed E-state index contributed by atoms with van der Waals surface area (Å²) in [5.41, 5.74) is 0.819. The summed E-state index contributed by atoms with van der Waals surface area (Å²) in [5, 5.41) is 2.80. The third-order valence-corrected chi connectivity index (χ3v) is 4.88. The van der Waals surface area contributed by atoms with Gasteiger partial charge in [-0.3, -0.25) is 9.59 Å². The number of nitrogens with zero attached hydrogens (tertiary/aromatic N) is 1. The quantitative estimate of drug-likeness (QED) is 0.498. The van der Waals surface area contributed by atoms with Gasteiger partial charge in [-0.2, -0.15) is 0 Å². The average molecular weight is 393 g/mol. The molecule has 27 heavy (non-hydrogen) atoms. The minimum atomic E-state index is -0.431. The lowest BCUT2D eigenvalue weighted by Gasteiger charge is -2.15. The van der Waals surface area contributed by atoms with E-state index in [9.17, 15) is 9.59 Å². The van der Waals surface area contributed by atoms with E-state index in [1.54, 1.807) is 25.3 Å². The number of benzene rings is 1. The van der Waals surface area contributed by atoms with E-state index in [2.05, 4.69) is 15.3 Å². The summed E-state index contributed by atoms with van der Waals surface area (Å²) in [6.07, 6.45) is 0.558. The smallest absolute Gasteiger partial charge is 0.251 e. The van der Waals surface area contributed by atoms with E-state index < -0.39 is 5.25 Å². The van der Waals surface area contributed by atoms with Gasteiger partial charge >= 0.3 is 0 Å². The number of carbonyl (C=O) groups excluding carboxylic acids is 1. The van der Waals surface area contributed by atoms with Crippen LogP contribution in [0.25, 0.3) is 0 Å². The van der Waals surface area contributed by atoms with Gasteiger partial charge in [0.05, 0.1) is 31.8 Å². The van der Waals surface area contributed by atoms with Crippen LogP contribution in [0, 0.1) is 0 Å². The molecule has 0 saturated carbocycles. The molecule has 1 atom stereocenters. The van der Waals surface area contributed by atoms with Gasteiger partial charge in [0.1, 0.15) is 0 Å². The molecule has 2 N–H and O–H groups in total. The Morgan fingerprint density at radius 1 is 1.22 bits per heavy atom. The number of aromatic amines is 1. The molecule has 0 spiro atoms. The van der Waals surface area contributed by atoms with Crippen LogP contribution in [-0.4, -0.2) is 42.5 Å². The van der Waals surface area contributed by atoms with Crippen LogP contribution in [-0.2, 0) is 16.1 Å². The van der Waals surface area contributed by atoms with Crippen molar-refractivity contribution in [2.24, 2.45) is 0 Å². The molecule has 0 fully saturated rings. The van der Waals surface area contributed by atoms with Crippen molar-refractivity contribution in [2.75, 3.05) is 26.6 Å². The lowest BCUT2D eigenvalue weighted by molar-refractivity contribution is -0.115. The lowest BCUT2D eigenvalue weighted by Crippen LogP contribution is -2.25. The third-order valence-electron chi connectivity index (χ3n) is 3.63. The van der Waals surface area contributed by atoms with Crippen molar-refractivity contribution in [1.29, 1.82) is 0 Å². The fourth-order valence-electron chi connectivity index (χ4n) is 2.35. The van der Waals surface area contributed by atoms with Crippen LogP contribution in [0.5, 0.6) is 11.5 Å². The van der Waals surface area contributed by atoms with Crippen LogP contribution >= 0.6 is 11.8 Å². The highest BCUT2D eigenvalue weighted by molar-refractivity contribution is 8.00. The Morgan fingerprint density at radius 2 is 1.96 bits per heavy atom. The van der Waals surface area contributed by atoms with Gasteiger partial charge < -0.3 is 24.5 Å². The van der Waals surface area contributed by atoms with Gasteiger partial charge in [0, 0.05) is 24.9 Å². The van der Waals surface area contributed by atoms with Crippen molar-refractivity contribution in [3.05, 3.63) is 40.3 Å². The fourth-order valence-corrected chi connectivity index (χ4v) is 3.29. The molecule has 0 bridgehead atoms. The molecule has 0 aliphatic carbocycles. The topological polar surface area (TPSA) is 103 Å². The highest BCUT2D eigenvalue weighted by atomic mass is 32.2. The number of methoxy groups -OCH3 is 3. The molecule has 1 aromatic heterocycles. The summed E-state index contributed by atoms with van der Waals surface area (Å²) in [6, 6.07) is 6.51. The first-order valence-corrected chi connectivity index (χ1v) is 9.17. The first-order valence-electron chi connectivity index (χ1n) is 8.29. The van der Waals surface area contributed by atoms with Crippen molar-refractivity contribution in [3.8, 4) is 11.5 Å². The van der Waals surface area contributed by atoms with Crippen LogP contribution in [0.4, 0.5) is 5.69 Å². The lowest BCUT2D eigenvalue weighted by atomic mass is 10.2. The minimum absolute atomic E-state index is 0.200. The number of nitrogens with one attached hydrogen (secondary N) is 2. The summed E-state index contributed by atoms with van der Waals surface area (Å²) in [5.74, 6) is 0.900. The Labute approximate surface area is 161 Å². The van der Waals surface area contributed by atoms with Crippen molar-refractivity contribution in [2.45, 2.75) is 30.4 Å². The Bertz CT molecular complexity index is 840. The number of H-pyrrole nitrogens is 1. The summed E-state index contributed by atoms with van der Waals surface area (Å²) in [4.78, 5) is 31.4. The Balaban J connectivity index is 2.13. The maximum atomic E-state index is 12.6. The highest BCUT2D eigenvalue weighted by Gasteiger charge is 2.20. The van der Waals surface area contributed by atoms with Crippen molar-refractivity contribution in [1.82, 2.24) is 9.97 Å². The van der Waals surface area contributed by atoms with E-state index >= 15 is 0 Å². The second-order valence-corrected chi connectivity index (χ2v) is 6.74. The maximum absolute atomic E-state index is 12.6. The molecule has 9 heteroatoms. The zero-order chi connectivity index (χ0) is 19.8. The Kier molecular flexibility index (Phi) is 7.68. The molecule has 0 aliphatic heterocycles. The predicted octanol–water partition coefficient (Wildman–Crippen LogP) is 2.44. The number of amides is 1. The molecular weight excluding hydrogens is 370 g/mol. The molecule has 1 unspecified atom stereocenters. The van der Waals surface area contributed by atoms with Crippen molar-refractivity contribution in [3.63, 3.8) is 0 Å². The number of hydrogen-bond acceptors (Lipinski definition) is 7. The standard InChI is InChI=1S/C18H23N3O5S/c1-5-15(27-18-20-12(10-24-2)9-16(22)21-18)17(23)19-11-6-7-13(25-3)14(8-11)26-4/h6-9,15H,5,10H2,1-4H3,(H,19,23)(H,20,21,22). The molecule has 146 valence electrons. The van der Waals surface area contributed by atoms with Crippen LogP contribution in [0.2, 0.25) is 0 Å². The molecular formula is C18H23N3O5S. The molecule has 0 aliphatic rings. The first-order chi connectivity index (χ1) is 13.0. The Hall–Kier alpha value is -2.52. The summed E-state index contributed by atoms with van der Waals surface area (Å²) >= 11 is 1.20. The van der Waals surface area contributed by atoms with Crippen LogP contribution < -0.4 is 20.3 Å². The molecule has 2 rings (SSSR count). The number of anilines is 1. The largest absolute Gasteiger partial charge is 0.493 e. The van der Waals surface area contributed by atoms with Crippen LogP contribution in [0.3, 0.4) is 0 Å². The number of hydrogen-bond donors (Lipinski definition) is 2. The zero-order valence-corrected chi connectivity index (χ0v) is 16.5. The predicted molar refractivity (Wildman–Crippen MR) is 104 cm³/mol. The number of carbonyl (C=O) groups is 1. The Morgan fingerprint density at radius 3 is 2.59 bits per heavy atom. The van der Waals surface area contributed by atoms with E-state index in [-0.39, 0.29) is 18.1 Å². The first kappa shape index (κ1) is 20.8. The molecule has 2 aromatic rings. The SMILES string of the molecule is CCC(Sc1nc(COC)cc(=O)[nH]1)C(=O)Nc1ccc(OC)c(OC)c1. The van der Waals surface area contributed by atoms with Gasteiger partial charge in [-0.25, -0.2) is 4.98 Å². The third kappa shape index (κ3) is 5.73. The van der Waals surface area contributed by atoms with Gasteiger partial charge in [0.25, 0.3) is 5.56 Å². The number of rotatable bonds is 9. The molecule has 1 amide bonds. The maximum Gasteiger partial charge on any atom is 0.251 e. The van der Waals surface area contributed by atoms with Crippen LogP contribution in [0.1, 0.15) is 19.0 Å². The second-order valence-electron chi connectivity index (χ2n) is 5.55. The molecule has 1 heterocycles. The minimum Gasteiger partial charge on any atom is -0.493 e. The highest BCUT2D eigenvalue weighted by Crippen LogP contribution is 2.30. The van der Waals surface area contributed by atoms with Crippen LogP contribution in [0.15, 0.2) is 34.2 Å². The van der Waals surface area contributed by atoms with Crippen molar-refractivity contribution >= 4 is 23.4 Å².